The van der Waals surface area contributed by atoms with Crippen LogP contribution in [0.2, 0.25) is 0 Å². The van der Waals surface area contributed by atoms with Crippen molar-refractivity contribution in [2.45, 2.75) is 31.1 Å². The molecule has 0 N–H and O–H groups in total. The Balaban J connectivity index is 2.94. The Bertz CT molecular complexity index is 269. The standard InChI is InChI=1S/C11H19NS/c1-11(2,3)10-7-6-9(8-12-10)13(4)5/h6-8,13H,1-5H3. The maximum atomic E-state index is 4.49. The fourth-order valence-electron chi connectivity index (χ4n) is 1.09. The zero-order chi connectivity index (χ0) is 10.1. The highest BCUT2D eigenvalue weighted by atomic mass is 32.2. The van der Waals surface area contributed by atoms with Crippen LogP contribution in [0.3, 0.4) is 0 Å². The van der Waals surface area contributed by atoms with Gasteiger partial charge in [0.05, 0.1) is 0 Å². The summed E-state index contributed by atoms with van der Waals surface area (Å²) in [5, 5.41) is 0. The van der Waals surface area contributed by atoms with Gasteiger partial charge in [0.2, 0.25) is 0 Å². The van der Waals surface area contributed by atoms with Crippen molar-refractivity contribution >= 4 is 10.9 Å². The molecule has 0 aliphatic carbocycles. The smallest absolute Gasteiger partial charge is 0.0457 e. The first-order valence-corrected chi connectivity index (χ1v) is 6.79. The Kier molecular flexibility index (Phi) is 3.01. The molecule has 0 saturated heterocycles. The second-order valence-electron chi connectivity index (χ2n) is 4.55. The van der Waals surface area contributed by atoms with E-state index in [9.17, 15) is 0 Å². The van der Waals surface area contributed by atoms with Gasteiger partial charge in [-0.15, -0.1) is 0 Å². The highest BCUT2D eigenvalue weighted by molar-refractivity contribution is 8.15. The third-order valence-corrected chi connectivity index (χ3v) is 3.33. The average Bonchev–Trinajstić information content (AvgIpc) is 2.03. The SMILES string of the molecule is C[SH](C)c1ccc(C(C)(C)C)nc1. The fraction of sp³-hybridized carbons (Fsp3) is 0.545. The van der Waals surface area contributed by atoms with E-state index in [0.29, 0.717) is 0 Å². The van der Waals surface area contributed by atoms with E-state index in [1.807, 2.05) is 6.20 Å². The topological polar surface area (TPSA) is 12.9 Å². The molecule has 1 aromatic heterocycles. The molecule has 1 nitrogen and oxygen atoms in total. The second kappa shape index (κ2) is 3.70. The van der Waals surface area contributed by atoms with Gasteiger partial charge in [0.1, 0.15) is 0 Å². The Morgan fingerprint density at radius 2 is 1.77 bits per heavy atom. The molecule has 0 spiro atoms. The Morgan fingerprint density at radius 1 is 1.15 bits per heavy atom. The van der Waals surface area contributed by atoms with Crippen LogP contribution < -0.4 is 0 Å². The highest BCUT2D eigenvalue weighted by Crippen LogP contribution is 2.28. The molecule has 74 valence electrons. The van der Waals surface area contributed by atoms with Crippen LogP contribution in [0.5, 0.6) is 0 Å². The third-order valence-electron chi connectivity index (χ3n) is 2.03. The maximum absolute atomic E-state index is 4.49. The molecule has 0 saturated carbocycles. The van der Waals surface area contributed by atoms with Crippen LogP contribution in [0.1, 0.15) is 26.5 Å². The summed E-state index contributed by atoms with van der Waals surface area (Å²) in [4.78, 5) is 5.87. The van der Waals surface area contributed by atoms with Crippen LogP contribution in [0.4, 0.5) is 0 Å². The molecule has 0 bridgehead atoms. The minimum absolute atomic E-state index is 0.00632. The zero-order valence-electron chi connectivity index (χ0n) is 9.13. The van der Waals surface area contributed by atoms with Crippen molar-refractivity contribution in [3.63, 3.8) is 0 Å². The van der Waals surface area contributed by atoms with Gasteiger partial charge >= 0.3 is 0 Å². The summed E-state index contributed by atoms with van der Waals surface area (Å²) in [5.74, 6) is 0. The van der Waals surface area contributed by atoms with Crippen molar-refractivity contribution in [1.29, 1.82) is 0 Å². The molecule has 13 heavy (non-hydrogen) atoms. The van der Waals surface area contributed by atoms with Crippen LogP contribution in [0, 0.1) is 0 Å². The van der Waals surface area contributed by atoms with Gasteiger partial charge in [-0.1, -0.05) is 20.8 Å². The molecule has 0 radical (unpaired) electrons. The number of hydrogen-bond acceptors (Lipinski definition) is 1. The van der Waals surface area contributed by atoms with Gasteiger partial charge in [0.15, 0.2) is 0 Å². The van der Waals surface area contributed by atoms with Crippen LogP contribution in [-0.2, 0) is 5.41 Å². The Hall–Kier alpha value is -0.500. The van der Waals surface area contributed by atoms with Gasteiger partial charge in [-0.05, 0) is 24.6 Å². The van der Waals surface area contributed by atoms with E-state index in [4.69, 9.17) is 0 Å². The van der Waals surface area contributed by atoms with Gasteiger partial charge in [0.25, 0.3) is 0 Å². The van der Waals surface area contributed by atoms with Gasteiger partial charge in [-0.3, -0.25) is 4.98 Å². The quantitative estimate of drug-likeness (QED) is 0.683. The van der Waals surface area contributed by atoms with E-state index in [1.54, 1.807) is 0 Å². The second-order valence-corrected chi connectivity index (χ2v) is 6.85. The van der Waals surface area contributed by atoms with Crippen molar-refractivity contribution in [2.24, 2.45) is 0 Å². The number of pyridine rings is 1. The van der Waals surface area contributed by atoms with E-state index in [-0.39, 0.29) is 16.3 Å². The lowest BCUT2D eigenvalue weighted by Crippen LogP contribution is -2.12. The summed E-state index contributed by atoms with van der Waals surface area (Å²) in [6.45, 7) is 6.57. The summed E-state index contributed by atoms with van der Waals surface area (Å²) in [6, 6.07) is 4.36. The molecule has 0 atom stereocenters. The average molecular weight is 197 g/mol. The fourth-order valence-corrected chi connectivity index (χ4v) is 1.76. The van der Waals surface area contributed by atoms with Crippen molar-refractivity contribution in [2.75, 3.05) is 12.5 Å². The van der Waals surface area contributed by atoms with Crippen LogP contribution in [0.15, 0.2) is 23.2 Å². The molecular formula is C11H19NS. The number of hydrogen-bond donors (Lipinski definition) is 1. The molecule has 0 aliphatic rings. The maximum Gasteiger partial charge on any atom is 0.0457 e. The minimum Gasteiger partial charge on any atom is -0.260 e. The molecular weight excluding hydrogens is 178 g/mol. The van der Waals surface area contributed by atoms with E-state index in [0.717, 1.165) is 0 Å². The summed E-state index contributed by atoms with van der Waals surface area (Å²) in [6.07, 6.45) is 6.53. The number of rotatable bonds is 1. The van der Waals surface area contributed by atoms with Gasteiger partial charge < -0.3 is 0 Å². The molecule has 0 aliphatic heterocycles. The third kappa shape index (κ3) is 2.73. The molecule has 0 amide bonds. The summed E-state index contributed by atoms with van der Waals surface area (Å²) >= 11 is 0. The number of aromatic nitrogens is 1. The van der Waals surface area contributed by atoms with Crippen molar-refractivity contribution in [3.8, 4) is 0 Å². The van der Waals surface area contributed by atoms with E-state index in [2.05, 4.69) is 50.4 Å². The van der Waals surface area contributed by atoms with Gasteiger partial charge in [-0.2, -0.15) is 0 Å². The lowest BCUT2D eigenvalue weighted by molar-refractivity contribution is 0.568. The first-order valence-electron chi connectivity index (χ1n) is 4.55. The molecule has 0 fully saturated rings. The highest BCUT2D eigenvalue weighted by Gasteiger charge is 2.14. The largest absolute Gasteiger partial charge is 0.260 e. The predicted molar refractivity (Wildman–Crippen MR) is 62.0 cm³/mol. The first kappa shape index (κ1) is 10.6. The molecule has 1 heterocycles. The van der Waals surface area contributed by atoms with Gasteiger partial charge in [0, 0.05) is 22.2 Å². The van der Waals surface area contributed by atoms with E-state index >= 15 is 0 Å². The zero-order valence-corrected chi connectivity index (χ0v) is 10.0. The Morgan fingerprint density at radius 3 is 2.08 bits per heavy atom. The molecule has 1 aromatic rings. The van der Waals surface area contributed by atoms with Crippen LogP contribution in [0.25, 0.3) is 0 Å². The first-order chi connectivity index (χ1) is 5.91. The molecule has 0 unspecified atom stereocenters. The lowest BCUT2D eigenvalue weighted by atomic mass is 9.92. The number of nitrogens with zero attached hydrogens (tertiary/aromatic N) is 1. The number of thiol groups is 1. The molecule has 1 rings (SSSR count). The normalized spacial score (nSPS) is 12.8. The molecule has 0 aromatic carbocycles. The summed E-state index contributed by atoms with van der Waals surface area (Å²) in [5.41, 5.74) is 1.34. The predicted octanol–water partition coefficient (Wildman–Crippen LogP) is 3.00. The van der Waals surface area contributed by atoms with Crippen molar-refractivity contribution in [1.82, 2.24) is 4.98 Å². The van der Waals surface area contributed by atoms with Gasteiger partial charge in [-0.25, -0.2) is 10.9 Å². The van der Waals surface area contributed by atoms with Crippen molar-refractivity contribution in [3.05, 3.63) is 24.0 Å². The molecule has 2 heteroatoms. The minimum atomic E-state index is -0.00632. The summed E-state index contributed by atoms with van der Waals surface area (Å²) < 4.78 is 0. The van der Waals surface area contributed by atoms with E-state index < -0.39 is 0 Å². The summed E-state index contributed by atoms with van der Waals surface area (Å²) in [7, 11) is -0.00632. The van der Waals surface area contributed by atoms with Crippen molar-refractivity contribution < 1.29 is 0 Å². The van der Waals surface area contributed by atoms with Crippen LogP contribution >= 0.6 is 10.9 Å². The lowest BCUT2D eigenvalue weighted by Gasteiger charge is -2.18. The Labute approximate surface area is 83.9 Å². The monoisotopic (exact) mass is 197 g/mol. The van der Waals surface area contributed by atoms with E-state index in [1.165, 1.54) is 10.6 Å². The van der Waals surface area contributed by atoms with Crippen LogP contribution in [-0.4, -0.2) is 17.5 Å².